The van der Waals surface area contributed by atoms with Crippen LogP contribution in [0.2, 0.25) is 0 Å². The summed E-state index contributed by atoms with van der Waals surface area (Å²) < 4.78 is 35.1. The van der Waals surface area contributed by atoms with Crippen molar-refractivity contribution in [3.63, 3.8) is 0 Å². The molecule has 0 heterocycles. The number of phosphoric acid groups is 1. The summed E-state index contributed by atoms with van der Waals surface area (Å²) in [5.74, 6) is 2.26. The van der Waals surface area contributed by atoms with Gasteiger partial charge in [-0.3, -0.25) is 4.52 Å². The summed E-state index contributed by atoms with van der Waals surface area (Å²) >= 11 is 0. The first kappa shape index (κ1) is 30.2. The lowest BCUT2D eigenvalue weighted by Gasteiger charge is -2.23. The fourth-order valence-electron chi connectivity index (χ4n) is 2.55. The second-order valence-electron chi connectivity index (χ2n) is 7.17. The van der Waals surface area contributed by atoms with Crippen LogP contribution >= 0.6 is 7.82 Å². The van der Waals surface area contributed by atoms with E-state index in [1.807, 2.05) is 30.4 Å². The standard InChI is InChI=1S/C18H20O5.C4H12NO6P/c1-20-15-8-7-12(9-14(15)19)5-6-13-10-16(21-2)18(23-4)17(11-13)22-3;5-4(1-6,2-7)3-11-12(8,9)10/h5-11,19H,1-4H3;6-7H,1-3,5H2,(H2,8,9,10)/b6-5-;. The van der Waals surface area contributed by atoms with Crippen LogP contribution in [0.1, 0.15) is 11.1 Å². The summed E-state index contributed by atoms with van der Waals surface area (Å²) in [6.45, 7) is -1.85. The molecule has 0 saturated heterocycles. The van der Waals surface area contributed by atoms with E-state index in [0.29, 0.717) is 23.0 Å². The second-order valence-corrected chi connectivity index (χ2v) is 8.41. The highest BCUT2D eigenvalue weighted by Crippen LogP contribution is 2.39. The third-order valence-corrected chi connectivity index (χ3v) is 4.97. The summed E-state index contributed by atoms with van der Waals surface area (Å²) in [6.07, 6.45) is 3.77. The molecule has 12 nitrogen and oxygen atoms in total. The molecule has 0 saturated carbocycles. The van der Waals surface area contributed by atoms with Crippen LogP contribution in [0.5, 0.6) is 28.7 Å². The number of hydrogen-bond acceptors (Lipinski definition) is 10. The summed E-state index contributed by atoms with van der Waals surface area (Å²) in [6, 6.07) is 8.90. The van der Waals surface area contributed by atoms with Gasteiger partial charge in [-0.1, -0.05) is 18.2 Å². The number of aliphatic hydroxyl groups is 2. The molecule has 0 spiro atoms. The zero-order valence-corrected chi connectivity index (χ0v) is 20.8. The highest BCUT2D eigenvalue weighted by molar-refractivity contribution is 7.46. The quantitative estimate of drug-likeness (QED) is 0.186. The fourth-order valence-corrected chi connectivity index (χ4v) is 2.98. The molecule has 0 unspecified atom stereocenters. The largest absolute Gasteiger partial charge is 0.504 e. The molecule has 2 aromatic carbocycles. The van der Waals surface area contributed by atoms with Gasteiger partial charge in [-0.05, 0) is 35.4 Å². The lowest BCUT2D eigenvalue weighted by atomic mass is 10.1. The SMILES string of the molecule is COc1ccc(/C=C\c2cc(OC)c(OC)c(OC)c2)cc1O.NC(CO)(CO)COP(=O)(O)O. The number of aliphatic hydroxyl groups excluding tert-OH is 2. The number of rotatable bonds is 11. The first-order valence-corrected chi connectivity index (χ1v) is 11.5. The van der Waals surface area contributed by atoms with Crippen LogP contribution in [0, 0.1) is 0 Å². The second kappa shape index (κ2) is 13.9. The van der Waals surface area contributed by atoms with E-state index in [4.69, 9.17) is 44.7 Å². The lowest BCUT2D eigenvalue weighted by molar-refractivity contribution is 0.0648. The van der Waals surface area contributed by atoms with Crippen molar-refractivity contribution >= 4 is 20.0 Å². The Balaban J connectivity index is 0.000000434. The molecule has 0 atom stereocenters. The van der Waals surface area contributed by atoms with E-state index in [9.17, 15) is 9.67 Å². The van der Waals surface area contributed by atoms with Crippen molar-refractivity contribution in [3.05, 3.63) is 41.5 Å². The van der Waals surface area contributed by atoms with Crippen LogP contribution in [0.25, 0.3) is 12.2 Å². The Labute approximate surface area is 203 Å². The molecular formula is C22H32NO11P. The minimum absolute atomic E-state index is 0.0968. The maximum absolute atomic E-state index is 10.2. The van der Waals surface area contributed by atoms with E-state index in [2.05, 4.69) is 4.52 Å². The average Bonchev–Trinajstić information content (AvgIpc) is 2.85. The molecule has 0 aliphatic heterocycles. The maximum Gasteiger partial charge on any atom is 0.469 e. The van der Waals surface area contributed by atoms with Crippen molar-refractivity contribution in [2.24, 2.45) is 5.73 Å². The van der Waals surface area contributed by atoms with Crippen molar-refractivity contribution in [2.75, 3.05) is 48.3 Å². The van der Waals surface area contributed by atoms with E-state index in [1.165, 1.54) is 7.11 Å². The van der Waals surface area contributed by atoms with Gasteiger partial charge in [0.05, 0.1) is 53.8 Å². The van der Waals surface area contributed by atoms with Crippen molar-refractivity contribution < 1.29 is 53.1 Å². The zero-order valence-electron chi connectivity index (χ0n) is 19.9. The van der Waals surface area contributed by atoms with Crippen LogP contribution in [0.3, 0.4) is 0 Å². The van der Waals surface area contributed by atoms with E-state index in [1.54, 1.807) is 33.5 Å². The number of nitrogens with two attached hydrogens (primary N) is 1. The van der Waals surface area contributed by atoms with Gasteiger partial charge in [0, 0.05) is 0 Å². The Kier molecular flexibility index (Phi) is 12.0. The van der Waals surface area contributed by atoms with Gasteiger partial charge in [0.15, 0.2) is 23.0 Å². The number of phenolic OH excluding ortho intramolecular Hbond substituents is 1. The van der Waals surface area contributed by atoms with Crippen molar-refractivity contribution in [1.29, 1.82) is 0 Å². The molecule has 2 rings (SSSR count). The van der Waals surface area contributed by atoms with E-state index < -0.39 is 33.2 Å². The third kappa shape index (κ3) is 9.74. The Hall–Kier alpha value is -2.83. The average molecular weight is 517 g/mol. The summed E-state index contributed by atoms with van der Waals surface area (Å²) in [4.78, 5) is 16.5. The Morgan fingerprint density at radius 1 is 0.857 bits per heavy atom. The molecular weight excluding hydrogens is 485 g/mol. The molecule has 0 aromatic heterocycles. The van der Waals surface area contributed by atoms with Gasteiger partial charge in [-0.2, -0.15) is 0 Å². The summed E-state index contributed by atoms with van der Waals surface area (Å²) in [7, 11) is 1.64. The molecule has 2 aromatic rings. The molecule has 35 heavy (non-hydrogen) atoms. The topological polar surface area (TPSA) is 190 Å². The molecule has 13 heteroatoms. The molecule has 7 N–H and O–H groups in total. The fraction of sp³-hybridized carbons (Fsp3) is 0.364. The van der Waals surface area contributed by atoms with Crippen LogP contribution in [0.4, 0.5) is 0 Å². The number of phenols is 1. The van der Waals surface area contributed by atoms with E-state index in [-0.39, 0.29) is 5.75 Å². The van der Waals surface area contributed by atoms with Crippen molar-refractivity contribution in [3.8, 4) is 28.7 Å². The third-order valence-electron chi connectivity index (χ3n) is 4.51. The Bertz CT molecular complexity index is 993. The smallest absolute Gasteiger partial charge is 0.469 e. The van der Waals surface area contributed by atoms with Gasteiger partial charge in [0.25, 0.3) is 0 Å². The minimum atomic E-state index is -4.59. The van der Waals surface area contributed by atoms with Gasteiger partial charge in [-0.15, -0.1) is 0 Å². The molecule has 0 aliphatic carbocycles. The highest BCUT2D eigenvalue weighted by atomic mass is 31.2. The van der Waals surface area contributed by atoms with Crippen LogP contribution in [0.15, 0.2) is 30.3 Å². The molecule has 0 aliphatic rings. The van der Waals surface area contributed by atoms with Gasteiger partial charge in [0.1, 0.15) is 0 Å². The molecule has 0 amide bonds. The molecule has 0 fully saturated rings. The van der Waals surface area contributed by atoms with Gasteiger partial charge in [-0.25, -0.2) is 4.57 Å². The Morgan fingerprint density at radius 3 is 1.77 bits per heavy atom. The number of phosphoric ester groups is 1. The van der Waals surface area contributed by atoms with E-state index >= 15 is 0 Å². The maximum atomic E-state index is 10.2. The zero-order chi connectivity index (χ0) is 26.6. The van der Waals surface area contributed by atoms with Gasteiger partial charge in [0.2, 0.25) is 5.75 Å². The monoisotopic (exact) mass is 517 g/mol. The Morgan fingerprint density at radius 2 is 1.37 bits per heavy atom. The van der Waals surface area contributed by atoms with Gasteiger partial charge >= 0.3 is 7.82 Å². The summed E-state index contributed by atoms with van der Waals surface area (Å²) in [5.41, 5.74) is 5.45. The molecule has 0 radical (unpaired) electrons. The first-order valence-electron chi connectivity index (χ1n) is 10.0. The number of benzene rings is 2. The molecule has 0 bridgehead atoms. The number of methoxy groups -OCH3 is 4. The van der Waals surface area contributed by atoms with Crippen molar-refractivity contribution in [2.45, 2.75) is 5.54 Å². The van der Waals surface area contributed by atoms with Crippen LogP contribution < -0.4 is 24.7 Å². The first-order chi connectivity index (χ1) is 16.4. The van der Waals surface area contributed by atoms with Crippen LogP contribution in [-0.4, -0.2) is 78.9 Å². The predicted octanol–water partition coefficient (Wildman–Crippen LogP) is 1.37. The highest BCUT2D eigenvalue weighted by Gasteiger charge is 2.27. The lowest BCUT2D eigenvalue weighted by Crippen LogP contribution is -2.51. The predicted molar refractivity (Wildman–Crippen MR) is 129 cm³/mol. The minimum Gasteiger partial charge on any atom is -0.504 e. The van der Waals surface area contributed by atoms with Gasteiger partial charge < -0.3 is 49.8 Å². The number of ether oxygens (including phenoxy) is 4. The molecule has 196 valence electrons. The number of aromatic hydroxyl groups is 1. The normalized spacial score (nSPS) is 11.6. The van der Waals surface area contributed by atoms with E-state index in [0.717, 1.165) is 11.1 Å². The van der Waals surface area contributed by atoms with Crippen molar-refractivity contribution in [1.82, 2.24) is 0 Å². The number of hydrogen-bond donors (Lipinski definition) is 6. The van der Waals surface area contributed by atoms with Crippen LogP contribution in [-0.2, 0) is 9.09 Å². The summed E-state index contributed by atoms with van der Waals surface area (Å²) in [5, 5.41) is 26.9.